The minimum atomic E-state index is -3.76. The van der Waals surface area contributed by atoms with Gasteiger partial charge >= 0.3 is 6.55 Å². The standard InChI is InChI=1S/C12H12BrF2N3O2S/c1-17(8-11-16-6-7-18(11)12(14)15)21(19,20)10-4-2-9(13)3-5-10/h2-7,12H,8H2,1H3. The molecule has 1 aromatic carbocycles. The Morgan fingerprint density at radius 3 is 2.52 bits per heavy atom. The largest absolute Gasteiger partial charge is 0.319 e. The molecule has 2 rings (SSSR count). The predicted octanol–water partition coefficient (Wildman–Crippen LogP) is 2.86. The molecule has 114 valence electrons. The number of imidazole rings is 1. The number of benzene rings is 1. The summed E-state index contributed by atoms with van der Waals surface area (Å²) in [5.74, 6) is -0.0202. The van der Waals surface area contributed by atoms with Crippen molar-refractivity contribution in [2.75, 3.05) is 7.05 Å². The van der Waals surface area contributed by atoms with Crippen molar-refractivity contribution < 1.29 is 17.2 Å². The minimum Gasteiger partial charge on any atom is -0.277 e. The maximum atomic E-state index is 12.7. The van der Waals surface area contributed by atoms with Crippen molar-refractivity contribution in [3.8, 4) is 0 Å². The fourth-order valence-corrected chi connectivity index (χ4v) is 3.10. The number of nitrogens with zero attached hydrogens (tertiary/aromatic N) is 3. The Hall–Kier alpha value is -1.32. The Labute approximate surface area is 129 Å². The van der Waals surface area contributed by atoms with Gasteiger partial charge in [0, 0.05) is 23.9 Å². The quantitative estimate of drug-likeness (QED) is 0.802. The molecule has 21 heavy (non-hydrogen) atoms. The first-order valence-electron chi connectivity index (χ1n) is 5.84. The highest BCUT2D eigenvalue weighted by Gasteiger charge is 2.23. The van der Waals surface area contributed by atoms with E-state index in [-0.39, 0.29) is 17.3 Å². The first-order valence-corrected chi connectivity index (χ1v) is 8.07. The van der Waals surface area contributed by atoms with Gasteiger partial charge in [0.2, 0.25) is 10.0 Å². The number of aromatic nitrogens is 2. The summed E-state index contributed by atoms with van der Waals surface area (Å²) in [4.78, 5) is 3.85. The number of halogens is 3. The average molecular weight is 380 g/mol. The molecule has 0 amide bonds. The summed E-state index contributed by atoms with van der Waals surface area (Å²) in [5.41, 5.74) is 0. The lowest BCUT2D eigenvalue weighted by molar-refractivity contribution is 0.0658. The van der Waals surface area contributed by atoms with Crippen LogP contribution in [0.25, 0.3) is 0 Å². The third kappa shape index (κ3) is 3.47. The summed E-state index contributed by atoms with van der Waals surface area (Å²) in [6.07, 6.45) is 2.32. The third-order valence-electron chi connectivity index (χ3n) is 2.85. The lowest BCUT2D eigenvalue weighted by Crippen LogP contribution is -2.28. The summed E-state index contributed by atoms with van der Waals surface area (Å²) < 4.78 is 52.5. The molecule has 0 radical (unpaired) electrons. The van der Waals surface area contributed by atoms with Gasteiger partial charge in [0.1, 0.15) is 5.82 Å². The Kier molecular flexibility index (Phi) is 4.74. The van der Waals surface area contributed by atoms with Crippen LogP contribution >= 0.6 is 15.9 Å². The number of hydrogen-bond donors (Lipinski definition) is 0. The maximum Gasteiger partial charge on any atom is 0.319 e. The van der Waals surface area contributed by atoms with Crippen molar-refractivity contribution in [1.82, 2.24) is 13.9 Å². The molecule has 0 atom stereocenters. The van der Waals surface area contributed by atoms with E-state index >= 15 is 0 Å². The summed E-state index contributed by atoms with van der Waals surface area (Å²) in [6.45, 7) is -3.00. The molecule has 1 aromatic heterocycles. The lowest BCUT2D eigenvalue weighted by Gasteiger charge is -2.17. The molecule has 0 saturated heterocycles. The van der Waals surface area contributed by atoms with E-state index in [9.17, 15) is 17.2 Å². The average Bonchev–Trinajstić information content (AvgIpc) is 2.87. The van der Waals surface area contributed by atoms with Crippen molar-refractivity contribution in [1.29, 1.82) is 0 Å². The van der Waals surface area contributed by atoms with Crippen molar-refractivity contribution >= 4 is 26.0 Å². The maximum absolute atomic E-state index is 12.7. The van der Waals surface area contributed by atoms with Gasteiger partial charge in [-0.25, -0.2) is 13.4 Å². The first-order chi connectivity index (χ1) is 9.82. The van der Waals surface area contributed by atoms with E-state index in [4.69, 9.17) is 0 Å². The van der Waals surface area contributed by atoms with E-state index in [0.717, 1.165) is 15.0 Å². The second-order valence-electron chi connectivity index (χ2n) is 4.24. The molecule has 5 nitrogen and oxygen atoms in total. The van der Waals surface area contributed by atoms with Crippen LogP contribution in [0.1, 0.15) is 12.4 Å². The Bertz CT molecular complexity index is 716. The van der Waals surface area contributed by atoms with Gasteiger partial charge in [-0.2, -0.15) is 13.1 Å². The number of sulfonamides is 1. The molecule has 0 saturated carbocycles. The zero-order valence-corrected chi connectivity index (χ0v) is 13.4. The van der Waals surface area contributed by atoms with Gasteiger partial charge in [-0.15, -0.1) is 0 Å². The van der Waals surface area contributed by atoms with Gasteiger partial charge < -0.3 is 0 Å². The van der Waals surface area contributed by atoms with Gasteiger partial charge in [0.15, 0.2) is 0 Å². The van der Waals surface area contributed by atoms with Gasteiger partial charge in [0.25, 0.3) is 0 Å². The van der Waals surface area contributed by atoms with Crippen LogP contribution in [0.2, 0.25) is 0 Å². The van der Waals surface area contributed by atoms with Crippen molar-refractivity contribution in [2.45, 2.75) is 18.0 Å². The van der Waals surface area contributed by atoms with Gasteiger partial charge in [0.05, 0.1) is 11.4 Å². The highest BCUT2D eigenvalue weighted by atomic mass is 79.9. The highest BCUT2D eigenvalue weighted by molar-refractivity contribution is 9.10. The van der Waals surface area contributed by atoms with E-state index in [1.54, 1.807) is 12.1 Å². The van der Waals surface area contributed by atoms with Crippen molar-refractivity contribution in [3.05, 3.63) is 47.0 Å². The Balaban J connectivity index is 2.24. The van der Waals surface area contributed by atoms with E-state index < -0.39 is 16.6 Å². The predicted molar refractivity (Wildman–Crippen MR) is 76.3 cm³/mol. The zero-order valence-electron chi connectivity index (χ0n) is 10.9. The van der Waals surface area contributed by atoms with E-state index in [1.165, 1.54) is 25.4 Å². The van der Waals surface area contributed by atoms with Crippen LogP contribution in [0.3, 0.4) is 0 Å². The molecular formula is C12H12BrF2N3O2S. The fraction of sp³-hybridized carbons (Fsp3) is 0.250. The fourth-order valence-electron chi connectivity index (χ4n) is 1.71. The smallest absolute Gasteiger partial charge is 0.277 e. The van der Waals surface area contributed by atoms with Gasteiger partial charge in [-0.05, 0) is 24.3 Å². The zero-order chi connectivity index (χ0) is 15.6. The number of alkyl halides is 2. The SMILES string of the molecule is CN(Cc1nccn1C(F)F)S(=O)(=O)c1ccc(Br)cc1. The second-order valence-corrected chi connectivity index (χ2v) is 7.20. The Morgan fingerprint density at radius 1 is 1.33 bits per heavy atom. The molecule has 0 bridgehead atoms. The Morgan fingerprint density at radius 2 is 1.95 bits per heavy atom. The van der Waals surface area contributed by atoms with Crippen LogP contribution in [0.5, 0.6) is 0 Å². The molecular weight excluding hydrogens is 368 g/mol. The molecule has 0 unspecified atom stereocenters. The monoisotopic (exact) mass is 379 g/mol. The highest BCUT2D eigenvalue weighted by Crippen LogP contribution is 2.20. The normalized spacial score (nSPS) is 12.3. The molecule has 0 aliphatic heterocycles. The molecule has 0 aliphatic rings. The lowest BCUT2D eigenvalue weighted by atomic mass is 10.4. The molecule has 0 fully saturated rings. The number of hydrogen-bond acceptors (Lipinski definition) is 3. The first kappa shape index (κ1) is 16.1. The number of rotatable bonds is 5. The van der Waals surface area contributed by atoms with Crippen LogP contribution < -0.4 is 0 Å². The summed E-state index contributed by atoms with van der Waals surface area (Å²) in [5, 5.41) is 0. The summed E-state index contributed by atoms with van der Waals surface area (Å²) in [7, 11) is -2.44. The molecule has 0 N–H and O–H groups in total. The van der Waals surface area contributed by atoms with E-state index in [0.29, 0.717) is 4.57 Å². The molecule has 2 aromatic rings. The minimum absolute atomic E-state index is 0.0202. The van der Waals surface area contributed by atoms with Crippen LogP contribution in [0.15, 0.2) is 46.0 Å². The van der Waals surface area contributed by atoms with E-state index in [1.807, 2.05) is 0 Å². The van der Waals surface area contributed by atoms with Gasteiger partial charge in [-0.3, -0.25) is 4.57 Å². The van der Waals surface area contributed by atoms with Crippen LogP contribution in [0.4, 0.5) is 8.78 Å². The molecule has 1 heterocycles. The summed E-state index contributed by atoms with van der Waals surface area (Å²) >= 11 is 3.22. The van der Waals surface area contributed by atoms with Crippen molar-refractivity contribution in [3.63, 3.8) is 0 Å². The van der Waals surface area contributed by atoms with E-state index in [2.05, 4.69) is 20.9 Å². The van der Waals surface area contributed by atoms with Crippen LogP contribution in [0, 0.1) is 0 Å². The topological polar surface area (TPSA) is 55.2 Å². The third-order valence-corrected chi connectivity index (χ3v) is 5.19. The summed E-state index contributed by atoms with van der Waals surface area (Å²) in [6, 6.07) is 6.08. The van der Waals surface area contributed by atoms with Crippen LogP contribution in [-0.4, -0.2) is 29.3 Å². The second kappa shape index (κ2) is 6.20. The molecule has 0 aliphatic carbocycles. The van der Waals surface area contributed by atoms with Gasteiger partial charge in [-0.1, -0.05) is 15.9 Å². The molecule has 0 spiro atoms. The molecule has 9 heteroatoms. The van der Waals surface area contributed by atoms with Crippen molar-refractivity contribution in [2.24, 2.45) is 0 Å². The van der Waals surface area contributed by atoms with Crippen LogP contribution in [-0.2, 0) is 16.6 Å².